The Morgan fingerprint density at radius 2 is 2.44 bits per heavy atom. The van der Waals surface area contributed by atoms with Crippen molar-refractivity contribution in [1.82, 2.24) is 9.78 Å². The molecule has 0 spiro atoms. The van der Waals surface area contributed by atoms with Crippen molar-refractivity contribution in [3.05, 3.63) is 18.0 Å². The summed E-state index contributed by atoms with van der Waals surface area (Å²) in [7, 11) is 1.99. The normalized spacial score (nSPS) is 37.1. The van der Waals surface area contributed by atoms with Crippen LogP contribution in [-0.4, -0.2) is 16.3 Å². The fourth-order valence-electron chi connectivity index (χ4n) is 4.01. The molecule has 2 bridgehead atoms. The van der Waals surface area contributed by atoms with Crippen LogP contribution >= 0.6 is 0 Å². The largest absolute Gasteiger partial charge is 0.330 e. The number of fused-ring (bicyclic) bond motifs is 2. The van der Waals surface area contributed by atoms with Gasteiger partial charge in [-0.25, -0.2) is 0 Å². The maximum atomic E-state index is 6.08. The van der Waals surface area contributed by atoms with E-state index in [1.807, 2.05) is 17.9 Å². The first kappa shape index (κ1) is 10.3. The minimum Gasteiger partial charge on any atom is -0.330 e. The molecule has 0 aromatic carbocycles. The Balaban J connectivity index is 1.81. The Hall–Kier alpha value is -0.830. The van der Waals surface area contributed by atoms with E-state index in [4.69, 9.17) is 5.73 Å². The molecule has 3 unspecified atom stereocenters. The Morgan fingerprint density at radius 3 is 2.94 bits per heavy atom. The number of hydrogen-bond donors (Lipinski definition) is 1. The third kappa shape index (κ3) is 1.49. The van der Waals surface area contributed by atoms with Crippen molar-refractivity contribution in [2.75, 3.05) is 6.54 Å². The molecule has 88 valence electrons. The molecule has 2 saturated carbocycles. The van der Waals surface area contributed by atoms with Gasteiger partial charge in [0.25, 0.3) is 0 Å². The molecule has 0 aliphatic heterocycles. The first-order valence-electron chi connectivity index (χ1n) is 6.40. The van der Waals surface area contributed by atoms with Gasteiger partial charge in [-0.1, -0.05) is 6.42 Å². The molecule has 0 radical (unpaired) electrons. The SMILES string of the molecule is Cn1ccc(CC2(CN)CC3CCC2C3)n1. The highest BCUT2D eigenvalue weighted by molar-refractivity contribution is 5.09. The van der Waals surface area contributed by atoms with E-state index in [2.05, 4.69) is 11.2 Å². The lowest BCUT2D eigenvalue weighted by molar-refractivity contribution is 0.170. The highest BCUT2D eigenvalue weighted by Crippen LogP contribution is 2.56. The molecule has 3 nitrogen and oxygen atoms in total. The van der Waals surface area contributed by atoms with Crippen LogP contribution in [0.1, 0.15) is 31.4 Å². The minimum atomic E-state index is 0.372. The van der Waals surface area contributed by atoms with Gasteiger partial charge in [0, 0.05) is 13.2 Å². The van der Waals surface area contributed by atoms with Gasteiger partial charge in [0.2, 0.25) is 0 Å². The molecule has 2 aliphatic carbocycles. The zero-order chi connectivity index (χ0) is 11.2. The Morgan fingerprint density at radius 1 is 1.56 bits per heavy atom. The second kappa shape index (κ2) is 3.59. The van der Waals surface area contributed by atoms with Crippen molar-refractivity contribution in [2.24, 2.45) is 30.0 Å². The Bertz CT molecular complexity index is 384. The Kier molecular flexibility index (Phi) is 2.32. The topological polar surface area (TPSA) is 43.8 Å². The van der Waals surface area contributed by atoms with Crippen LogP contribution in [0.2, 0.25) is 0 Å². The molecule has 1 aromatic rings. The van der Waals surface area contributed by atoms with E-state index in [1.165, 1.54) is 31.4 Å². The Labute approximate surface area is 97.0 Å². The number of nitrogens with two attached hydrogens (primary N) is 1. The van der Waals surface area contributed by atoms with Crippen molar-refractivity contribution < 1.29 is 0 Å². The van der Waals surface area contributed by atoms with E-state index in [1.54, 1.807) is 0 Å². The molecular formula is C13H21N3. The van der Waals surface area contributed by atoms with Crippen LogP contribution < -0.4 is 5.73 Å². The van der Waals surface area contributed by atoms with Gasteiger partial charge < -0.3 is 5.73 Å². The average molecular weight is 219 g/mol. The van der Waals surface area contributed by atoms with Gasteiger partial charge in [-0.15, -0.1) is 0 Å². The first-order valence-corrected chi connectivity index (χ1v) is 6.40. The monoisotopic (exact) mass is 219 g/mol. The number of aryl methyl sites for hydroxylation is 1. The van der Waals surface area contributed by atoms with Gasteiger partial charge in [0.15, 0.2) is 0 Å². The van der Waals surface area contributed by atoms with Crippen LogP contribution in [0.5, 0.6) is 0 Å². The van der Waals surface area contributed by atoms with Crippen LogP contribution in [0.15, 0.2) is 12.3 Å². The minimum absolute atomic E-state index is 0.372. The highest BCUT2D eigenvalue weighted by atomic mass is 15.2. The van der Waals surface area contributed by atoms with Crippen molar-refractivity contribution in [3.63, 3.8) is 0 Å². The average Bonchev–Trinajstić information content (AvgIpc) is 2.94. The fourth-order valence-corrected chi connectivity index (χ4v) is 4.01. The maximum Gasteiger partial charge on any atom is 0.0630 e. The molecule has 3 rings (SSSR count). The van der Waals surface area contributed by atoms with Crippen LogP contribution in [0.4, 0.5) is 0 Å². The van der Waals surface area contributed by atoms with Gasteiger partial charge in [0.1, 0.15) is 0 Å². The number of aromatic nitrogens is 2. The van der Waals surface area contributed by atoms with Crippen LogP contribution in [-0.2, 0) is 13.5 Å². The number of hydrogen-bond acceptors (Lipinski definition) is 2. The number of nitrogens with zero attached hydrogens (tertiary/aromatic N) is 2. The summed E-state index contributed by atoms with van der Waals surface area (Å²) < 4.78 is 1.90. The second-order valence-corrected chi connectivity index (χ2v) is 5.80. The van der Waals surface area contributed by atoms with Crippen molar-refractivity contribution >= 4 is 0 Å². The van der Waals surface area contributed by atoms with Crippen LogP contribution in [0.3, 0.4) is 0 Å². The summed E-state index contributed by atoms with van der Waals surface area (Å²) in [5, 5.41) is 4.51. The van der Waals surface area contributed by atoms with Crippen molar-refractivity contribution in [2.45, 2.75) is 32.1 Å². The van der Waals surface area contributed by atoms with Gasteiger partial charge >= 0.3 is 0 Å². The summed E-state index contributed by atoms with van der Waals surface area (Å²) in [4.78, 5) is 0. The van der Waals surface area contributed by atoms with E-state index >= 15 is 0 Å². The molecule has 0 saturated heterocycles. The van der Waals surface area contributed by atoms with E-state index in [0.717, 1.165) is 24.8 Å². The predicted octanol–water partition coefficient (Wildman–Crippen LogP) is 1.73. The third-order valence-electron chi connectivity index (χ3n) is 4.81. The first-order chi connectivity index (χ1) is 7.72. The maximum absolute atomic E-state index is 6.08. The molecule has 3 heteroatoms. The third-order valence-corrected chi connectivity index (χ3v) is 4.81. The summed E-state index contributed by atoms with van der Waals surface area (Å²) in [6, 6.07) is 2.14. The summed E-state index contributed by atoms with van der Waals surface area (Å²) in [6.07, 6.45) is 8.72. The lowest BCUT2D eigenvalue weighted by atomic mass is 9.70. The highest BCUT2D eigenvalue weighted by Gasteiger charge is 2.50. The molecule has 3 atom stereocenters. The molecule has 2 N–H and O–H groups in total. The van der Waals surface area contributed by atoms with Gasteiger partial charge in [-0.2, -0.15) is 5.10 Å². The summed E-state index contributed by atoms with van der Waals surface area (Å²) in [5.74, 6) is 1.82. The standard InChI is InChI=1S/C13H21N3/c1-16-5-4-12(15-16)8-13(9-14)7-10-2-3-11(13)6-10/h4-5,10-11H,2-3,6-9,14H2,1H3. The van der Waals surface area contributed by atoms with E-state index < -0.39 is 0 Å². The molecule has 2 fully saturated rings. The van der Waals surface area contributed by atoms with Crippen molar-refractivity contribution in [3.8, 4) is 0 Å². The smallest absolute Gasteiger partial charge is 0.0630 e. The molecule has 16 heavy (non-hydrogen) atoms. The quantitative estimate of drug-likeness (QED) is 0.841. The van der Waals surface area contributed by atoms with Crippen LogP contribution in [0, 0.1) is 17.3 Å². The molecule has 1 aromatic heterocycles. The lowest BCUT2D eigenvalue weighted by Gasteiger charge is -2.36. The molecule has 0 amide bonds. The predicted molar refractivity (Wildman–Crippen MR) is 63.8 cm³/mol. The van der Waals surface area contributed by atoms with Gasteiger partial charge in [0.05, 0.1) is 5.69 Å². The van der Waals surface area contributed by atoms with Gasteiger partial charge in [-0.05, 0) is 55.5 Å². The van der Waals surface area contributed by atoms with E-state index in [0.29, 0.717) is 5.41 Å². The molecule has 2 aliphatic rings. The lowest BCUT2D eigenvalue weighted by Crippen LogP contribution is -2.38. The van der Waals surface area contributed by atoms with Crippen molar-refractivity contribution in [1.29, 1.82) is 0 Å². The molecule has 1 heterocycles. The molecular weight excluding hydrogens is 198 g/mol. The summed E-state index contributed by atoms with van der Waals surface area (Å²) >= 11 is 0. The summed E-state index contributed by atoms with van der Waals surface area (Å²) in [6.45, 7) is 0.838. The zero-order valence-corrected chi connectivity index (χ0v) is 10.0. The van der Waals surface area contributed by atoms with Gasteiger partial charge in [-0.3, -0.25) is 4.68 Å². The summed E-state index contributed by atoms with van der Waals surface area (Å²) in [5.41, 5.74) is 7.67. The number of rotatable bonds is 3. The second-order valence-electron chi connectivity index (χ2n) is 5.80. The fraction of sp³-hybridized carbons (Fsp3) is 0.769. The van der Waals surface area contributed by atoms with E-state index in [9.17, 15) is 0 Å². The van der Waals surface area contributed by atoms with E-state index in [-0.39, 0.29) is 0 Å². The zero-order valence-electron chi connectivity index (χ0n) is 10.0. The van der Waals surface area contributed by atoms with Crippen LogP contribution in [0.25, 0.3) is 0 Å².